The highest BCUT2D eigenvalue weighted by Gasteiger charge is 2.18. The lowest BCUT2D eigenvalue weighted by Crippen LogP contribution is -2.34. The van der Waals surface area contributed by atoms with Crippen molar-refractivity contribution in [2.45, 2.75) is 20.3 Å². The fourth-order valence-corrected chi connectivity index (χ4v) is 3.31. The third-order valence-corrected chi connectivity index (χ3v) is 4.81. The van der Waals surface area contributed by atoms with Gasteiger partial charge in [-0.1, -0.05) is 49.3 Å². The van der Waals surface area contributed by atoms with Gasteiger partial charge >= 0.3 is 0 Å². The van der Waals surface area contributed by atoms with Crippen molar-refractivity contribution in [3.05, 3.63) is 66.1 Å². The number of carbonyl (C=O) groups excluding carboxylic acids is 1. The van der Waals surface area contributed by atoms with Crippen LogP contribution < -0.4 is 9.47 Å². The number of carbonyl (C=O) groups is 1. The summed E-state index contributed by atoms with van der Waals surface area (Å²) < 4.78 is 16.2. The Morgan fingerprint density at radius 2 is 1.94 bits per heavy atom. The van der Waals surface area contributed by atoms with Crippen LogP contribution in [-0.4, -0.2) is 40.8 Å². The van der Waals surface area contributed by atoms with Crippen molar-refractivity contribution in [1.29, 1.82) is 0 Å². The van der Waals surface area contributed by atoms with Gasteiger partial charge in [0.15, 0.2) is 11.5 Å². The van der Waals surface area contributed by atoms with E-state index in [0.717, 1.165) is 11.1 Å². The molecule has 1 aliphatic heterocycles. The molecule has 0 saturated carbocycles. The van der Waals surface area contributed by atoms with Crippen LogP contribution in [0.1, 0.15) is 25.3 Å². The van der Waals surface area contributed by atoms with Crippen LogP contribution in [0, 0.1) is 5.92 Å². The maximum absolute atomic E-state index is 12.8. The highest BCUT2D eigenvalue weighted by Crippen LogP contribution is 2.35. The maximum atomic E-state index is 12.8. The van der Waals surface area contributed by atoms with Crippen molar-refractivity contribution >= 4 is 12.0 Å². The number of hydrogen-bond acceptors (Lipinski definition) is 6. The third-order valence-electron chi connectivity index (χ3n) is 4.81. The molecule has 0 atom stereocenters. The molecule has 1 amide bonds. The Morgan fingerprint density at radius 1 is 1.13 bits per heavy atom. The van der Waals surface area contributed by atoms with Crippen LogP contribution in [0.5, 0.6) is 11.5 Å². The van der Waals surface area contributed by atoms with Gasteiger partial charge in [0.2, 0.25) is 24.4 Å². The normalized spacial score (nSPS) is 12.6. The van der Waals surface area contributed by atoms with Crippen molar-refractivity contribution in [3.8, 4) is 22.9 Å². The molecule has 1 aromatic heterocycles. The Morgan fingerprint density at radius 3 is 2.74 bits per heavy atom. The molecule has 160 valence electrons. The summed E-state index contributed by atoms with van der Waals surface area (Å²) in [6.07, 6.45) is 3.93. The molecular weight excluding hydrogens is 394 g/mol. The number of amides is 1. The predicted molar refractivity (Wildman–Crippen MR) is 116 cm³/mol. The van der Waals surface area contributed by atoms with E-state index in [1.54, 1.807) is 6.08 Å². The van der Waals surface area contributed by atoms with Gasteiger partial charge in [-0.2, -0.15) is 4.98 Å². The molecule has 0 fully saturated rings. The molecule has 0 bridgehead atoms. The van der Waals surface area contributed by atoms with E-state index in [9.17, 15) is 4.79 Å². The smallest absolute Gasteiger partial charge is 0.246 e. The highest BCUT2D eigenvalue weighted by atomic mass is 16.7. The van der Waals surface area contributed by atoms with Gasteiger partial charge in [-0.15, -0.1) is 0 Å². The summed E-state index contributed by atoms with van der Waals surface area (Å²) in [6.45, 7) is 5.55. The molecule has 0 N–H and O–H groups in total. The predicted octanol–water partition coefficient (Wildman–Crippen LogP) is 4.21. The van der Waals surface area contributed by atoms with E-state index in [2.05, 4.69) is 24.0 Å². The zero-order chi connectivity index (χ0) is 21.6. The number of hydrogen-bond donors (Lipinski definition) is 0. The van der Waals surface area contributed by atoms with Crippen LogP contribution in [0.3, 0.4) is 0 Å². The number of benzene rings is 2. The second-order valence-corrected chi connectivity index (χ2v) is 7.75. The fraction of sp³-hybridized carbons (Fsp3) is 0.292. The van der Waals surface area contributed by atoms with Crippen molar-refractivity contribution in [1.82, 2.24) is 15.0 Å². The van der Waals surface area contributed by atoms with Crippen molar-refractivity contribution in [2.24, 2.45) is 5.92 Å². The fourth-order valence-electron chi connectivity index (χ4n) is 3.31. The molecular formula is C24H25N3O4. The number of fused-ring (bicyclic) bond motifs is 1. The summed E-state index contributed by atoms with van der Waals surface area (Å²) in [5.74, 6) is 2.66. The van der Waals surface area contributed by atoms with Gasteiger partial charge in [-0.3, -0.25) is 4.79 Å². The van der Waals surface area contributed by atoms with E-state index < -0.39 is 0 Å². The van der Waals surface area contributed by atoms with Gasteiger partial charge in [0.05, 0.1) is 0 Å². The molecule has 2 aromatic carbocycles. The summed E-state index contributed by atoms with van der Waals surface area (Å²) in [5, 5.41) is 4.07. The van der Waals surface area contributed by atoms with E-state index >= 15 is 0 Å². The second kappa shape index (κ2) is 9.47. The average Bonchev–Trinajstić information content (AvgIpc) is 3.44. The van der Waals surface area contributed by atoms with Gasteiger partial charge < -0.3 is 18.9 Å². The lowest BCUT2D eigenvalue weighted by molar-refractivity contribution is -0.126. The molecule has 0 aliphatic carbocycles. The molecule has 4 rings (SSSR count). The van der Waals surface area contributed by atoms with E-state index in [4.69, 9.17) is 14.0 Å². The highest BCUT2D eigenvalue weighted by molar-refractivity contribution is 5.91. The van der Waals surface area contributed by atoms with E-state index in [1.165, 1.54) is 0 Å². The first-order valence-electron chi connectivity index (χ1n) is 10.3. The van der Waals surface area contributed by atoms with E-state index in [0.29, 0.717) is 48.6 Å². The van der Waals surface area contributed by atoms with Gasteiger partial charge in [0.25, 0.3) is 0 Å². The molecule has 2 heterocycles. The first kappa shape index (κ1) is 20.7. The summed E-state index contributed by atoms with van der Waals surface area (Å²) in [7, 11) is 0. The molecule has 7 heteroatoms. The van der Waals surface area contributed by atoms with Gasteiger partial charge in [0, 0.05) is 31.1 Å². The Bertz CT molecular complexity index is 1060. The van der Waals surface area contributed by atoms with Crippen molar-refractivity contribution < 1.29 is 18.8 Å². The summed E-state index contributed by atoms with van der Waals surface area (Å²) in [6, 6.07) is 15.3. The quantitative estimate of drug-likeness (QED) is 0.509. The molecule has 0 spiro atoms. The lowest BCUT2D eigenvalue weighted by atomic mass is 10.2. The minimum atomic E-state index is -0.0342. The van der Waals surface area contributed by atoms with Gasteiger partial charge in [-0.25, -0.2) is 0 Å². The number of nitrogens with zero attached hydrogens (tertiary/aromatic N) is 3. The monoisotopic (exact) mass is 419 g/mol. The molecule has 1 aliphatic rings. The zero-order valence-electron chi connectivity index (χ0n) is 17.7. The molecule has 0 radical (unpaired) electrons. The molecule has 3 aromatic rings. The maximum Gasteiger partial charge on any atom is 0.246 e. The van der Waals surface area contributed by atoms with Crippen LogP contribution in [0.2, 0.25) is 0 Å². The van der Waals surface area contributed by atoms with Crippen LogP contribution in [-0.2, 0) is 11.2 Å². The largest absolute Gasteiger partial charge is 0.454 e. The van der Waals surface area contributed by atoms with Crippen molar-refractivity contribution in [3.63, 3.8) is 0 Å². The molecule has 7 nitrogen and oxygen atoms in total. The standard InChI is InChI=1S/C24H25N3O4/c1-17(2)15-27(23(28)11-8-18-6-4-3-5-7-18)13-12-22-25-24(26-31-22)19-9-10-20-21(14-19)30-16-29-20/h3-11,14,17H,12-13,15-16H2,1-2H3/b11-8+. The molecule has 0 saturated heterocycles. The summed E-state index contributed by atoms with van der Waals surface area (Å²) >= 11 is 0. The zero-order valence-corrected chi connectivity index (χ0v) is 17.7. The van der Waals surface area contributed by atoms with Crippen LogP contribution in [0.4, 0.5) is 0 Å². The van der Waals surface area contributed by atoms with Crippen molar-refractivity contribution in [2.75, 3.05) is 19.9 Å². The van der Waals surface area contributed by atoms with Crippen LogP contribution in [0.25, 0.3) is 17.5 Å². The lowest BCUT2D eigenvalue weighted by Gasteiger charge is -2.22. The second-order valence-electron chi connectivity index (χ2n) is 7.75. The molecule has 31 heavy (non-hydrogen) atoms. The Labute approximate surface area is 181 Å². The Hall–Kier alpha value is -3.61. The SMILES string of the molecule is CC(C)CN(CCc1nc(-c2ccc3c(c2)OCO3)no1)C(=O)/C=C/c1ccccc1. The minimum Gasteiger partial charge on any atom is -0.454 e. The first-order valence-corrected chi connectivity index (χ1v) is 10.3. The topological polar surface area (TPSA) is 77.7 Å². The van der Waals surface area contributed by atoms with Gasteiger partial charge in [0.1, 0.15) is 0 Å². The Balaban J connectivity index is 1.40. The number of ether oxygens (including phenoxy) is 2. The first-order chi connectivity index (χ1) is 15.1. The number of aromatic nitrogens is 2. The number of rotatable bonds is 8. The minimum absolute atomic E-state index is 0.0342. The van der Waals surface area contributed by atoms with Gasteiger partial charge in [-0.05, 0) is 35.8 Å². The average molecular weight is 419 g/mol. The Kier molecular flexibility index (Phi) is 6.31. The van der Waals surface area contributed by atoms with Crippen LogP contribution in [0.15, 0.2) is 59.1 Å². The molecule has 0 unspecified atom stereocenters. The van der Waals surface area contributed by atoms with E-state index in [-0.39, 0.29) is 12.7 Å². The van der Waals surface area contributed by atoms with Crippen LogP contribution >= 0.6 is 0 Å². The summed E-state index contributed by atoms with van der Waals surface area (Å²) in [4.78, 5) is 19.0. The summed E-state index contributed by atoms with van der Waals surface area (Å²) in [5.41, 5.74) is 1.78. The third kappa shape index (κ3) is 5.31. The van der Waals surface area contributed by atoms with E-state index in [1.807, 2.05) is 59.5 Å².